The molecular formula is C19H29NO7. The molecule has 1 aromatic carbocycles. The van der Waals surface area contributed by atoms with Gasteiger partial charge in [0, 0.05) is 12.6 Å². The van der Waals surface area contributed by atoms with Gasteiger partial charge in [-0.05, 0) is 12.1 Å². The van der Waals surface area contributed by atoms with Crippen molar-refractivity contribution in [1.29, 1.82) is 0 Å². The highest BCUT2D eigenvalue weighted by molar-refractivity contribution is 5.75. The molecule has 0 spiro atoms. The van der Waals surface area contributed by atoms with E-state index in [4.69, 9.17) is 19.7 Å². The number of ether oxygens (including phenoxy) is 2. The third kappa shape index (κ3) is 14.3. The largest absolute Gasteiger partial charge is 0.487 e. The van der Waals surface area contributed by atoms with Crippen molar-refractivity contribution in [2.24, 2.45) is 0 Å². The van der Waals surface area contributed by atoms with Gasteiger partial charge in [0.15, 0.2) is 11.5 Å². The van der Waals surface area contributed by atoms with Gasteiger partial charge in [0.1, 0.15) is 19.3 Å². The average Bonchev–Trinajstić information content (AvgIpc) is 2.62. The van der Waals surface area contributed by atoms with Gasteiger partial charge in [-0.1, -0.05) is 38.6 Å². The summed E-state index contributed by atoms with van der Waals surface area (Å²) in [4.78, 5) is 19.3. The average molecular weight is 383 g/mol. The van der Waals surface area contributed by atoms with Gasteiger partial charge in [-0.2, -0.15) is 0 Å². The zero-order valence-electron chi connectivity index (χ0n) is 15.8. The van der Waals surface area contributed by atoms with Gasteiger partial charge in [-0.15, -0.1) is 0 Å². The van der Waals surface area contributed by atoms with Crippen LogP contribution in [0, 0.1) is 0 Å². The number of aliphatic hydroxyl groups is 1. The van der Waals surface area contributed by atoms with E-state index in [9.17, 15) is 14.7 Å². The lowest BCUT2D eigenvalue weighted by molar-refractivity contribution is -0.143. The third-order valence-corrected chi connectivity index (χ3v) is 2.95. The second-order valence-corrected chi connectivity index (χ2v) is 5.86. The predicted octanol–water partition coefficient (Wildman–Crippen LogP) is 1.92. The molecule has 27 heavy (non-hydrogen) atoms. The van der Waals surface area contributed by atoms with Crippen LogP contribution in [0.1, 0.15) is 26.7 Å². The van der Waals surface area contributed by atoms with Crippen molar-refractivity contribution in [3.8, 4) is 11.5 Å². The molecule has 0 bridgehead atoms. The van der Waals surface area contributed by atoms with Crippen LogP contribution in [0.15, 0.2) is 36.9 Å². The molecule has 1 rings (SSSR count). The fourth-order valence-corrected chi connectivity index (χ4v) is 1.67. The minimum absolute atomic E-state index is 0.230. The number of carboxylic acid groups (broad SMARTS) is 2. The van der Waals surface area contributed by atoms with Crippen LogP contribution in [0.2, 0.25) is 0 Å². The Morgan fingerprint density at radius 3 is 2.07 bits per heavy atom. The van der Waals surface area contributed by atoms with E-state index < -0.39 is 18.0 Å². The summed E-state index contributed by atoms with van der Waals surface area (Å²) >= 11 is 0. The number of aliphatic hydroxyl groups excluding tert-OH is 1. The maximum absolute atomic E-state index is 9.78. The normalized spacial score (nSPS) is 11.1. The first kappa shape index (κ1) is 24.4. The van der Waals surface area contributed by atoms with Gasteiger partial charge in [0.25, 0.3) is 0 Å². The van der Waals surface area contributed by atoms with Crippen molar-refractivity contribution < 1.29 is 34.4 Å². The molecule has 0 aliphatic carbocycles. The summed E-state index contributed by atoms with van der Waals surface area (Å²) in [5, 5.41) is 28.7. The Morgan fingerprint density at radius 1 is 1.11 bits per heavy atom. The van der Waals surface area contributed by atoms with Gasteiger partial charge in [0.2, 0.25) is 0 Å². The van der Waals surface area contributed by atoms with Gasteiger partial charge in [-0.25, -0.2) is 0 Å². The molecule has 4 N–H and O–H groups in total. The van der Waals surface area contributed by atoms with Crippen LogP contribution in [0.3, 0.4) is 0 Å². The van der Waals surface area contributed by atoms with E-state index in [2.05, 4.69) is 11.9 Å². The second kappa shape index (κ2) is 14.6. The van der Waals surface area contributed by atoms with Crippen molar-refractivity contribution in [2.75, 3.05) is 19.8 Å². The Morgan fingerprint density at radius 2 is 1.63 bits per heavy atom. The summed E-state index contributed by atoms with van der Waals surface area (Å²) in [7, 11) is 0. The molecule has 0 fully saturated rings. The number of carbonyl (C=O) groups is 2. The fourth-order valence-electron chi connectivity index (χ4n) is 1.67. The molecular weight excluding hydrogens is 354 g/mol. The van der Waals surface area contributed by atoms with Crippen molar-refractivity contribution in [1.82, 2.24) is 5.32 Å². The molecule has 8 heteroatoms. The second-order valence-electron chi connectivity index (χ2n) is 5.86. The van der Waals surface area contributed by atoms with E-state index in [1.54, 1.807) is 6.08 Å². The molecule has 0 saturated heterocycles. The highest BCUT2D eigenvalue weighted by Gasteiger charge is 2.09. The first-order valence-electron chi connectivity index (χ1n) is 8.56. The molecule has 0 aromatic heterocycles. The molecule has 1 atom stereocenters. The van der Waals surface area contributed by atoms with Crippen molar-refractivity contribution >= 4 is 11.9 Å². The van der Waals surface area contributed by atoms with Gasteiger partial charge in [-0.3, -0.25) is 9.59 Å². The Balaban J connectivity index is 0.000000713. The fraction of sp³-hybridized carbons (Fsp3) is 0.474. The van der Waals surface area contributed by atoms with Crippen molar-refractivity contribution in [2.45, 2.75) is 38.8 Å². The maximum Gasteiger partial charge on any atom is 0.303 e. The number of rotatable bonds is 12. The van der Waals surface area contributed by atoms with Gasteiger partial charge >= 0.3 is 11.9 Å². The molecule has 0 heterocycles. The van der Waals surface area contributed by atoms with E-state index in [0.29, 0.717) is 30.7 Å². The lowest BCUT2D eigenvalue weighted by Gasteiger charge is -2.16. The van der Waals surface area contributed by atoms with E-state index in [1.165, 1.54) is 0 Å². The molecule has 0 amide bonds. The summed E-state index contributed by atoms with van der Waals surface area (Å²) in [5.74, 6) is -0.862. The van der Waals surface area contributed by atoms with Crippen LogP contribution in [0.4, 0.5) is 0 Å². The Hall–Kier alpha value is -2.58. The highest BCUT2D eigenvalue weighted by atomic mass is 16.5. The number of carboxylic acids is 2. The summed E-state index contributed by atoms with van der Waals surface area (Å²) in [6.07, 6.45) is 0.540. The monoisotopic (exact) mass is 383 g/mol. The SMILES string of the molecule is C=CCOc1ccccc1OC[C@@H](O)CNC(C)C.O=C(O)CCC(=O)O. The number of nitrogens with one attached hydrogen (secondary N) is 1. The number of aliphatic carboxylic acids is 2. The quantitative estimate of drug-likeness (QED) is 0.404. The minimum atomic E-state index is -1.08. The molecule has 0 aliphatic rings. The Kier molecular flexibility index (Phi) is 13.2. The summed E-state index contributed by atoms with van der Waals surface area (Å²) in [6, 6.07) is 7.74. The molecule has 152 valence electrons. The van der Waals surface area contributed by atoms with Crippen LogP contribution in [-0.4, -0.2) is 59.2 Å². The number of hydrogen-bond donors (Lipinski definition) is 4. The highest BCUT2D eigenvalue weighted by Crippen LogP contribution is 2.26. The Labute approximate surface area is 159 Å². The minimum Gasteiger partial charge on any atom is -0.487 e. The molecule has 0 aliphatic heterocycles. The Bertz CT molecular complexity index is 561. The van der Waals surface area contributed by atoms with Crippen molar-refractivity contribution in [3.05, 3.63) is 36.9 Å². The molecule has 0 unspecified atom stereocenters. The first-order valence-corrected chi connectivity index (χ1v) is 8.56. The first-order chi connectivity index (χ1) is 12.8. The number of benzene rings is 1. The molecule has 0 saturated carbocycles. The zero-order chi connectivity index (χ0) is 20.7. The third-order valence-electron chi connectivity index (χ3n) is 2.95. The van der Waals surface area contributed by atoms with Crippen LogP contribution in [0.5, 0.6) is 11.5 Å². The molecule has 0 radical (unpaired) electrons. The zero-order valence-corrected chi connectivity index (χ0v) is 15.8. The number of hydrogen-bond acceptors (Lipinski definition) is 6. The summed E-state index contributed by atoms with van der Waals surface area (Å²) < 4.78 is 11.1. The summed E-state index contributed by atoms with van der Waals surface area (Å²) in [6.45, 7) is 8.84. The van der Waals surface area contributed by atoms with Gasteiger partial charge in [0.05, 0.1) is 12.8 Å². The smallest absolute Gasteiger partial charge is 0.303 e. The van der Waals surface area contributed by atoms with Gasteiger partial charge < -0.3 is 30.1 Å². The lowest BCUT2D eigenvalue weighted by Crippen LogP contribution is -2.35. The predicted molar refractivity (Wildman–Crippen MR) is 101 cm³/mol. The molecule has 1 aromatic rings. The van der Waals surface area contributed by atoms with Crippen LogP contribution >= 0.6 is 0 Å². The van der Waals surface area contributed by atoms with Crippen LogP contribution in [0.25, 0.3) is 0 Å². The molecule has 8 nitrogen and oxygen atoms in total. The maximum atomic E-state index is 9.78. The van der Waals surface area contributed by atoms with E-state index in [-0.39, 0.29) is 19.4 Å². The number of para-hydroxylation sites is 2. The van der Waals surface area contributed by atoms with E-state index in [1.807, 2.05) is 38.1 Å². The topological polar surface area (TPSA) is 125 Å². The summed E-state index contributed by atoms with van der Waals surface area (Å²) in [5.41, 5.74) is 0. The van der Waals surface area contributed by atoms with E-state index >= 15 is 0 Å². The van der Waals surface area contributed by atoms with Crippen LogP contribution in [-0.2, 0) is 9.59 Å². The standard InChI is InChI=1S/C15H23NO3.C4H6O4/c1-4-9-18-14-7-5-6-8-15(14)19-11-13(17)10-16-12(2)3;5-3(6)1-2-4(7)8/h4-8,12-13,16-17H,1,9-11H2,2-3H3;1-2H2,(H,5,6)(H,7,8)/t13-;/m0./s1. The van der Waals surface area contributed by atoms with E-state index in [0.717, 1.165) is 0 Å². The lowest BCUT2D eigenvalue weighted by atomic mass is 10.3. The van der Waals surface area contributed by atoms with Crippen molar-refractivity contribution in [3.63, 3.8) is 0 Å². The van der Waals surface area contributed by atoms with Crippen LogP contribution < -0.4 is 14.8 Å².